The van der Waals surface area contributed by atoms with E-state index in [-0.39, 0.29) is 27.5 Å². The Balaban J connectivity index is 1.70. The number of rotatable bonds is 9. The average molecular weight is 579 g/mol. The molecule has 0 radical (unpaired) electrons. The van der Waals surface area contributed by atoms with Crippen molar-refractivity contribution >= 4 is 46.5 Å². The summed E-state index contributed by atoms with van der Waals surface area (Å²) >= 11 is 12.2. The van der Waals surface area contributed by atoms with Crippen LogP contribution in [0.3, 0.4) is 0 Å². The summed E-state index contributed by atoms with van der Waals surface area (Å²) in [6.07, 6.45) is 0. The van der Waals surface area contributed by atoms with E-state index < -0.39 is 36.5 Å². The zero-order valence-electron chi connectivity index (χ0n) is 21.8. The van der Waals surface area contributed by atoms with Gasteiger partial charge in [0.25, 0.3) is 5.91 Å². The van der Waals surface area contributed by atoms with Crippen LogP contribution in [-0.2, 0) is 14.3 Å². The molecule has 0 bridgehead atoms. The van der Waals surface area contributed by atoms with Crippen LogP contribution in [-0.4, -0.2) is 41.6 Å². The van der Waals surface area contributed by atoms with Gasteiger partial charge >= 0.3 is 5.97 Å². The summed E-state index contributed by atoms with van der Waals surface area (Å²) in [6, 6.07) is 15.8. The molecule has 0 aliphatic rings. The Hall–Kier alpha value is -4.34. The molecule has 0 saturated carbocycles. The van der Waals surface area contributed by atoms with E-state index in [4.69, 9.17) is 37.8 Å². The molecular formula is C30H24Cl2N2O6. The number of carbonyl (C=O) groups excluding carboxylic acids is 2. The van der Waals surface area contributed by atoms with Crippen LogP contribution in [0.5, 0.6) is 5.75 Å². The Morgan fingerprint density at radius 3 is 2.40 bits per heavy atom. The minimum atomic E-state index is -1.08. The maximum atomic E-state index is 13.2. The SMILES string of the molecule is Cc1cc(C#CC(C)(C)OCC(=O)O)ccc1NC(=O)COc1ccc(Cl)cc1C(=O)c1cc(Cl)cc(C#N)c1. The molecule has 0 atom stereocenters. The maximum absolute atomic E-state index is 13.2. The van der Waals surface area contributed by atoms with Crippen LogP contribution < -0.4 is 10.1 Å². The first-order chi connectivity index (χ1) is 18.9. The second-order valence-corrected chi connectivity index (χ2v) is 9.99. The molecule has 3 rings (SSSR count). The predicted molar refractivity (Wildman–Crippen MR) is 151 cm³/mol. The number of nitriles is 1. The molecule has 40 heavy (non-hydrogen) atoms. The summed E-state index contributed by atoms with van der Waals surface area (Å²) in [5, 5.41) is 21.3. The van der Waals surface area contributed by atoms with Crippen molar-refractivity contribution in [3.05, 3.63) is 92.5 Å². The van der Waals surface area contributed by atoms with Gasteiger partial charge in [0.15, 0.2) is 12.4 Å². The number of hydrogen-bond acceptors (Lipinski definition) is 6. The summed E-state index contributed by atoms with van der Waals surface area (Å²) in [7, 11) is 0. The minimum Gasteiger partial charge on any atom is -0.483 e. The number of ketones is 1. The van der Waals surface area contributed by atoms with Crippen LogP contribution in [0.25, 0.3) is 0 Å². The predicted octanol–water partition coefficient (Wildman–Crippen LogP) is 5.65. The minimum absolute atomic E-state index is 0.112. The normalized spacial score (nSPS) is 10.6. The molecule has 0 spiro atoms. The summed E-state index contributed by atoms with van der Waals surface area (Å²) in [5.41, 5.74) is 1.49. The number of benzene rings is 3. The van der Waals surface area contributed by atoms with Gasteiger partial charge in [0.2, 0.25) is 0 Å². The van der Waals surface area contributed by atoms with E-state index in [1.54, 1.807) is 39.0 Å². The topological polar surface area (TPSA) is 126 Å². The van der Waals surface area contributed by atoms with Gasteiger partial charge in [0.1, 0.15) is 18.0 Å². The highest BCUT2D eigenvalue weighted by Gasteiger charge is 2.19. The molecule has 10 heteroatoms. The number of nitrogens with one attached hydrogen (secondary N) is 1. The van der Waals surface area contributed by atoms with E-state index in [0.717, 1.165) is 5.56 Å². The van der Waals surface area contributed by atoms with Gasteiger partial charge in [-0.3, -0.25) is 9.59 Å². The first-order valence-corrected chi connectivity index (χ1v) is 12.6. The number of nitrogens with zero attached hydrogens (tertiary/aromatic N) is 1. The standard InChI is InChI=1S/C30H24Cl2N2O6/c1-18-10-19(8-9-30(2,3)40-17-28(36)37)4-6-25(18)34-27(35)16-39-26-7-5-22(31)14-24(26)29(38)21-11-20(15-33)12-23(32)13-21/h4-7,10-14H,16-17H2,1-3H3,(H,34,35)(H,36,37). The number of carboxylic acids is 1. The van der Waals surface area contributed by atoms with Gasteiger partial charge in [-0.05, 0) is 80.9 Å². The molecule has 3 aromatic rings. The molecule has 0 unspecified atom stereocenters. The molecule has 3 aromatic carbocycles. The van der Waals surface area contributed by atoms with E-state index in [1.165, 1.54) is 36.4 Å². The number of carboxylic acid groups (broad SMARTS) is 1. The van der Waals surface area contributed by atoms with Crippen molar-refractivity contribution in [3.8, 4) is 23.7 Å². The van der Waals surface area contributed by atoms with Gasteiger partial charge in [-0.15, -0.1) is 0 Å². The molecule has 1 amide bonds. The fraction of sp³-hybridized carbons (Fsp3) is 0.200. The second-order valence-electron chi connectivity index (χ2n) is 9.12. The second kappa shape index (κ2) is 13.1. The summed E-state index contributed by atoms with van der Waals surface area (Å²) in [4.78, 5) is 36.6. The largest absolute Gasteiger partial charge is 0.483 e. The monoisotopic (exact) mass is 578 g/mol. The van der Waals surface area contributed by atoms with E-state index in [0.29, 0.717) is 16.3 Å². The van der Waals surface area contributed by atoms with Crippen molar-refractivity contribution in [3.63, 3.8) is 0 Å². The fourth-order valence-electron chi connectivity index (χ4n) is 3.46. The highest BCUT2D eigenvalue weighted by Crippen LogP contribution is 2.27. The van der Waals surface area contributed by atoms with Crippen molar-refractivity contribution in [1.82, 2.24) is 0 Å². The maximum Gasteiger partial charge on any atom is 0.329 e. The third-order valence-corrected chi connectivity index (χ3v) is 5.85. The van der Waals surface area contributed by atoms with Gasteiger partial charge in [-0.25, -0.2) is 4.79 Å². The summed E-state index contributed by atoms with van der Waals surface area (Å²) in [6.45, 7) is 4.29. The fourth-order valence-corrected chi connectivity index (χ4v) is 3.87. The van der Waals surface area contributed by atoms with Crippen molar-refractivity contribution in [1.29, 1.82) is 5.26 Å². The Kier molecular flexibility index (Phi) is 9.93. The highest BCUT2D eigenvalue weighted by atomic mass is 35.5. The van der Waals surface area contributed by atoms with E-state index in [2.05, 4.69) is 17.2 Å². The van der Waals surface area contributed by atoms with E-state index in [9.17, 15) is 19.6 Å². The third-order valence-electron chi connectivity index (χ3n) is 5.40. The Morgan fingerprint density at radius 2 is 1.73 bits per heavy atom. The molecule has 8 nitrogen and oxygen atoms in total. The molecule has 0 aliphatic carbocycles. The quantitative estimate of drug-likeness (QED) is 0.248. The van der Waals surface area contributed by atoms with Gasteiger partial charge in [-0.2, -0.15) is 5.26 Å². The molecule has 0 saturated heterocycles. The number of anilines is 1. The summed E-state index contributed by atoms with van der Waals surface area (Å²) in [5.74, 6) is 3.96. The number of carbonyl (C=O) groups is 3. The van der Waals surface area contributed by atoms with Crippen LogP contribution in [0.1, 0.15) is 46.5 Å². The van der Waals surface area contributed by atoms with Crippen LogP contribution >= 0.6 is 23.2 Å². The number of halogens is 2. The Morgan fingerprint density at radius 1 is 0.975 bits per heavy atom. The van der Waals surface area contributed by atoms with Crippen molar-refractivity contribution in [2.24, 2.45) is 0 Å². The van der Waals surface area contributed by atoms with Crippen LogP contribution in [0, 0.1) is 30.1 Å². The van der Waals surface area contributed by atoms with Gasteiger partial charge in [-0.1, -0.05) is 35.0 Å². The van der Waals surface area contributed by atoms with Gasteiger partial charge in [0.05, 0.1) is 17.2 Å². The average Bonchev–Trinajstić information content (AvgIpc) is 2.90. The van der Waals surface area contributed by atoms with Gasteiger partial charge in [0, 0.05) is 26.9 Å². The lowest BCUT2D eigenvalue weighted by atomic mass is 10.0. The van der Waals surface area contributed by atoms with Crippen LogP contribution in [0.2, 0.25) is 10.0 Å². The van der Waals surface area contributed by atoms with Crippen LogP contribution in [0.15, 0.2) is 54.6 Å². The van der Waals surface area contributed by atoms with Crippen LogP contribution in [0.4, 0.5) is 5.69 Å². The van der Waals surface area contributed by atoms with Gasteiger partial charge < -0.3 is 19.9 Å². The third kappa shape index (κ3) is 8.59. The van der Waals surface area contributed by atoms with E-state index >= 15 is 0 Å². The zero-order valence-corrected chi connectivity index (χ0v) is 23.3. The lowest BCUT2D eigenvalue weighted by Crippen LogP contribution is -2.25. The highest BCUT2D eigenvalue weighted by molar-refractivity contribution is 6.32. The number of amides is 1. The molecule has 0 aliphatic heterocycles. The smallest absolute Gasteiger partial charge is 0.329 e. The number of ether oxygens (including phenoxy) is 2. The molecule has 0 heterocycles. The lowest BCUT2D eigenvalue weighted by molar-refractivity contribution is -0.145. The first kappa shape index (κ1) is 30.2. The molecular weight excluding hydrogens is 555 g/mol. The first-order valence-electron chi connectivity index (χ1n) is 11.8. The Labute approximate surface area is 241 Å². The van der Waals surface area contributed by atoms with Crippen molar-refractivity contribution < 1.29 is 29.0 Å². The lowest BCUT2D eigenvalue weighted by Gasteiger charge is -2.17. The van der Waals surface area contributed by atoms with Crippen molar-refractivity contribution in [2.75, 3.05) is 18.5 Å². The molecule has 0 fully saturated rings. The number of aryl methyl sites for hydroxylation is 1. The molecule has 2 N–H and O–H groups in total. The summed E-state index contributed by atoms with van der Waals surface area (Å²) < 4.78 is 10.9. The number of aliphatic carboxylic acids is 1. The zero-order chi connectivity index (χ0) is 29.4. The number of hydrogen-bond donors (Lipinski definition) is 2. The molecule has 204 valence electrons. The molecule has 0 aromatic heterocycles. The van der Waals surface area contributed by atoms with E-state index in [1.807, 2.05) is 6.07 Å². The Bertz CT molecular complexity index is 1580. The van der Waals surface area contributed by atoms with Crippen molar-refractivity contribution in [2.45, 2.75) is 26.4 Å².